The van der Waals surface area contributed by atoms with Crippen LogP contribution >= 0.6 is 11.3 Å². The molecule has 2 aliphatic heterocycles. The van der Waals surface area contributed by atoms with Crippen molar-refractivity contribution in [1.82, 2.24) is 9.80 Å². The van der Waals surface area contributed by atoms with E-state index in [1.807, 2.05) is 46.2 Å². The van der Waals surface area contributed by atoms with Crippen LogP contribution in [0.1, 0.15) is 36.1 Å². The lowest BCUT2D eigenvalue weighted by molar-refractivity contribution is -0.142. The van der Waals surface area contributed by atoms with Gasteiger partial charge in [0.2, 0.25) is 11.8 Å². The number of ether oxygens (including phenoxy) is 1. The van der Waals surface area contributed by atoms with Crippen LogP contribution in [0.15, 0.2) is 47.8 Å². The van der Waals surface area contributed by atoms with E-state index in [0.717, 1.165) is 44.4 Å². The van der Waals surface area contributed by atoms with Crippen molar-refractivity contribution in [3.63, 3.8) is 0 Å². The Kier molecular flexibility index (Phi) is 7.18. The van der Waals surface area contributed by atoms with Crippen molar-refractivity contribution < 1.29 is 14.3 Å². The van der Waals surface area contributed by atoms with Gasteiger partial charge in [-0.15, -0.1) is 11.3 Å². The third-order valence-corrected chi connectivity index (χ3v) is 6.87. The van der Waals surface area contributed by atoms with E-state index in [-0.39, 0.29) is 23.8 Å². The summed E-state index contributed by atoms with van der Waals surface area (Å²) in [4.78, 5) is 31.3. The molecule has 1 aromatic heterocycles. The lowest BCUT2D eigenvalue weighted by Crippen LogP contribution is -2.48. The number of rotatable bonds is 7. The average molecular weight is 427 g/mol. The van der Waals surface area contributed by atoms with Crippen LogP contribution in [0.3, 0.4) is 0 Å². The summed E-state index contributed by atoms with van der Waals surface area (Å²) >= 11 is 1.68. The molecule has 4 rings (SSSR count). The third kappa shape index (κ3) is 5.49. The number of hydrogen-bond donors (Lipinski definition) is 0. The minimum Gasteiger partial charge on any atom is -0.376 e. The summed E-state index contributed by atoms with van der Waals surface area (Å²) in [5, 5.41) is 2.05. The SMILES string of the molecule is O=C(Cc1ccccc1)N1CCCC(C(=O)N(Cc2cccs2)CC2CCCO2)C1. The zero-order valence-electron chi connectivity index (χ0n) is 17.4. The predicted octanol–water partition coefficient (Wildman–Crippen LogP) is 3.74. The second-order valence-corrected chi connectivity index (χ2v) is 9.31. The molecule has 2 aliphatic rings. The van der Waals surface area contributed by atoms with Crippen LogP contribution in [-0.4, -0.2) is 54.0 Å². The molecule has 1 aromatic carbocycles. The Balaban J connectivity index is 1.40. The molecule has 0 N–H and O–H groups in total. The normalized spacial score (nSPS) is 21.5. The first-order chi connectivity index (χ1) is 14.7. The highest BCUT2D eigenvalue weighted by Gasteiger charge is 2.33. The third-order valence-electron chi connectivity index (χ3n) is 6.01. The smallest absolute Gasteiger partial charge is 0.227 e. The largest absolute Gasteiger partial charge is 0.376 e. The summed E-state index contributed by atoms with van der Waals surface area (Å²) < 4.78 is 5.81. The fourth-order valence-electron chi connectivity index (χ4n) is 4.40. The summed E-state index contributed by atoms with van der Waals surface area (Å²) in [6, 6.07) is 13.9. The van der Waals surface area contributed by atoms with E-state index in [0.29, 0.717) is 26.1 Å². The van der Waals surface area contributed by atoms with Gasteiger partial charge in [0.25, 0.3) is 0 Å². The van der Waals surface area contributed by atoms with Crippen LogP contribution in [0.5, 0.6) is 0 Å². The van der Waals surface area contributed by atoms with Gasteiger partial charge in [0, 0.05) is 31.1 Å². The van der Waals surface area contributed by atoms with Crippen LogP contribution in [0.2, 0.25) is 0 Å². The van der Waals surface area contributed by atoms with Crippen LogP contribution in [0.25, 0.3) is 0 Å². The van der Waals surface area contributed by atoms with Gasteiger partial charge in [-0.2, -0.15) is 0 Å². The highest BCUT2D eigenvalue weighted by atomic mass is 32.1. The van der Waals surface area contributed by atoms with Crippen molar-refractivity contribution in [3.8, 4) is 0 Å². The summed E-state index contributed by atoms with van der Waals surface area (Å²) in [6.07, 6.45) is 4.34. The van der Waals surface area contributed by atoms with Crippen LogP contribution in [-0.2, 0) is 27.3 Å². The standard InChI is InChI=1S/C24H30N2O3S/c27-23(15-19-7-2-1-3-8-19)25-12-4-9-20(16-25)24(28)26(17-21-10-5-13-29-21)18-22-11-6-14-30-22/h1-3,6-8,11,14,20-21H,4-5,9-10,12-13,15-18H2. The zero-order chi connectivity index (χ0) is 20.8. The van der Waals surface area contributed by atoms with E-state index < -0.39 is 0 Å². The first-order valence-electron chi connectivity index (χ1n) is 10.9. The van der Waals surface area contributed by atoms with E-state index in [1.165, 1.54) is 4.88 Å². The minimum absolute atomic E-state index is 0.114. The molecular formula is C24H30N2O3S. The van der Waals surface area contributed by atoms with Gasteiger partial charge in [-0.3, -0.25) is 9.59 Å². The Morgan fingerprint density at radius 2 is 1.97 bits per heavy atom. The van der Waals surface area contributed by atoms with Crippen molar-refractivity contribution >= 4 is 23.2 Å². The first kappa shape index (κ1) is 21.1. The Bertz CT molecular complexity index is 818. The van der Waals surface area contributed by atoms with E-state index in [1.54, 1.807) is 11.3 Å². The second kappa shape index (κ2) is 10.2. The van der Waals surface area contributed by atoms with Gasteiger partial charge in [-0.1, -0.05) is 36.4 Å². The van der Waals surface area contributed by atoms with Gasteiger partial charge in [0.1, 0.15) is 0 Å². The highest BCUT2D eigenvalue weighted by Crippen LogP contribution is 2.24. The number of benzene rings is 1. The summed E-state index contributed by atoms with van der Waals surface area (Å²) in [5.74, 6) is 0.151. The van der Waals surface area contributed by atoms with E-state index in [9.17, 15) is 9.59 Å². The topological polar surface area (TPSA) is 49.9 Å². The molecule has 2 aromatic rings. The number of nitrogens with zero attached hydrogens (tertiary/aromatic N) is 2. The summed E-state index contributed by atoms with van der Waals surface area (Å²) in [7, 11) is 0. The molecule has 2 fully saturated rings. The summed E-state index contributed by atoms with van der Waals surface area (Å²) in [5.41, 5.74) is 1.02. The quantitative estimate of drug-likeness (QED) is 0.678. The number of carbonyl (C=O) groups is 2. The summed E-state index contributed by atoms with van der Waals surface area (Å²) in [6.45, 7) is 3.33. The maximum atomic E-state index is 13.5. The first-order valence-corrected chi connectivity index (χ1v) is 11.8. The van der Waals surface area contributed by atoms with Gasteiger partial charge >= 0.3 is 0 Å². The van der Waals surface area contributed by atoms with Crippen molar-refractivity contribution in [2.24, 2.45) is 5.92 Å². The lowest BCUT2D eigenvalue weighted by atomic mass is 9.95. The highest BCUT2D eigenvalue weighted by molar-refractivity contribution is 7.09. The average Bonchev–Trinajstić information content (AvgIpc) is 3.48. The number of amides is 2. The van der Waals surface area contributed by atoms with Gasteiger partial charge in [0.05, 0.1) is 25.0 Å². The predicted molar refractivity (Wildman–Crippen MR) is 118 cm³/mol. The molecule has 0 bridgehead atoms. The Morgan fingerprint density at radius 1 is 1.10 bits per heavy atom. The lowest BCUT2D eigenvalue weighted by Gasteiger charge is -2.35. The molecule has 2 atom stereocenters. The molecule has 0 saturated carbocycles. The molecule has 3 heterocycles. The molecule has 2 amide bonds. The number of thiophene rings is 1. The number of hydrogen-bond acceptors (Lipinski definition) is 4. The Hall–Kier alpha value is -2.18. The van der Waals surface area contributed by atoms with Gasteiger partial charge < -0.3 is 14.5 Å². The number of likely N-dealkylation sites (tertiary alicyclic amines) is 1. The maximum Gasteiger partial charge on any atom is 0.227 e. The van der Waals surface area contributed by atoms with Crippen molar-refractivity contribution in [3.05, 3.63) is 58.3 Å². The molecule has 0 radical (unpaired) electrons. The molecule has 30 heavy (non-hydrogen) atoms. The fraction of sp³-hybridized carbons (Fsp3) is 0.500. The molecule has 2 saturated heterocycles. The van der Waals surface area contributed by atoms with Crippen molar-refractivity contribution in [2.75, 3.05) is 26.2 Å². The molecule has 5 nitrogen and oxygen atoms in total. The van der Waals surface area contributed by atoms with Crippen molar-refractivity contribution in [1.29, 1.82) is 0 Å². The molecule has 6 heteroatoms. The Morgan fingerprint density at radius 3 is 2.70 bits per heavy atom. The van der Waals surface area contributed by atoms with Crippen LogP contribution < -0.4 is 0 Å². The van der Waals surface area contributed by atoms with Gasteiger partial charge in [0.15, 0.2) is 0 Å². The van der Waals surface area contributed by atoms with E-state index in [4.69, 9.17) is 4.74 Å². The fourth-order valence-corrected chi connectivity index (χ4v) is 5.12. The van der Waals surface area contributed by atoms with Gasteiger partial charge in [-0.25, -0.2) is 0 Å². The van der Waals surface area contributed by atoms with E-state index >= 15 is 0 Å². The number of carbonyl (C=O) groups excluding carboxylic acids is 2. The van der Waals surface area contributed by atoms with Crippen LogP contribution in [0, 0.1) is 5.92 Å². The molecule has 0 spiro atoms. The maximum absolute atomic E-state index is 13.5. The van der Waals surface area contributed by atoms with Gasteiger partial charge in [-0.05, 0) is 42.7 Å². The monoisotopic (exact) mass is 426 g/mol. The molecule has 0 aliphatic carbocycles. The number of piperidine rings is 1. The molecule has 2 unspecified atom stereocenters. The molecular weight excluding hydrogens is 396 g/mol. The molecule has 160 valence electrons. The second-order valence-electron chi connectivity index (χ2n) is 8.27. The van der Waals surface area contributed by atoms with Crippen LogP contribution in [0.4, 0.5) is 0 Å². The minimum atomic E-state index is -0.125. The zero-order valence-corrected chi connectivity index (χ0v) is 18.2. The van der Waals surface area contributed by atoms with E-state index in [2.05, 4.69) is 11.4 Å². The Labute approximate surface area is 182 Å². The van der Waals surface area contributed by atoms with Crippen molar-refractivity contribution in [2.45, 2.75) is 44.8 Å².